The van der Waals surface area contributed by atoms with Crippen LogP contribution in [0.1, 0.15) is 51.5 Å². The zero-order valence-corrected chi connectivity index (χ0v) is 14.7. The minimum absolute atomic E-state index is 0.200. The fourth-order valence-electron chi connectivity index (χ4n) is 2.61. The molecule has 0 aliphatic heterocycles. The van der Waals surface area contributed by atoms with E-state index in [1.54, 1.807) is 0 Å². The van der Waals surface area contributed by atoms with E-state index in [9.17, 15) is 8.42 Å². The van der Waals surface area contributed by atoms with E-state index in [-0.39, 0.29) is 10.5 Å². The van der Waals surface area contributed by atoms with Crippen molar-refractivity contribution in [3.05, 3.63) is 29.8 Å². The standard InChI is InChI=1S/C16H25NO2S2/c1-13(2)20(15-11-9-14(3)10-12-15)17-21(18,19)16-7-5-4-6-8-16/h9-13,16H,4-8H2,1-3H3. The first-order valence-corrected chi connectivity index (χ1v) is 10.4. The summed E-state index contributed by atoms with van der Waals surface area (Å²) in [5.74, 6) is 0. The third-order valence-corrected chi connectivity index (χ3v) is 8.30. The Balaban J connectivity index is 2.34. The van der Waals surface area contributed by atoms with Gasteiger partial charge in [-0.3, -0.25) is 0 Å². The lowest BCUT2D eigenvalue weighted by Gasteiger charge is -2.21. The van der Waals surface area contributed by atoms with Gasteiger partial charge in [0.05, 0.1) is 5.25 Å². The summed E-state index contributed by atoms with van der Waals surface area (Å²) in [5.41, 5.74) is 1.18. The van der Waals surface area contributed by atoms with Gasteiger partial charge < -0.3 is 0 Å². The van der Waals surface area contributed by atoms with Gasteiger partial charge in [-0.25, -0.2) is 8.42 Å². The van der Waals surface area contributed by atoms with Crippen molar-refractivity contribution in [1.82, 2.24) is 0 Å². The SMILES string of the molecule is Cc1ccc(S(=NS(=O)(=O)C2CCCCC2)C(C)C)cc1. The summed E-state index contributed by atoms with van der Waals surface area (Å²) in [7, 11) is -3.93. The van der Waals surface area contributed by atoms with Crippen LogP contribution in [0.3, 0.4) is 0 Å². The van der Waals surface area contributed by atoms with Crippen LogP contribution < -0.4 is 0 Å². The number of hydrogen-bond donors (Lipinski definition) is 0. The van der Waals surface area contributed by atoms with E-state index in [2.05, 4.69) is 3.77 Å². The first-order valence-electron chi connectivity index (χ1n) is 7.67. The summed E-state index contributed by atoms with van der Waals surface area (Å²) >= 11 is 0. The molecule has 0 aromatic heterocycles. The number of rotatable bonds is 4. The van der Waals surface area contributed by atoms with E-state index in [0.29, 0.717) is 0 Å². The van der Waals surface area contributed by atoms with Gasteiger partial charge in [0.1, 0.15) is 0 Å². The Labute approximate surface area is 131 Å². The second kappa shape index (κ2) is 7.05. The van der Waals surface area contributed by atoms with Crippen molar-refractivity contribution < 1.29 is 8.42 Å². The van der Waals surface area contributed by atoms with Crippen LogP contribution in [-0.2, 0) is 20.7 Å². The highest BCUT2D eigenvalue weighted by atomic mass is 32.3. The molecule has 0 bridgehead atoms. The van der Waals surface area contributed by atoms with Crippen molar-refractivity contribution in [2.24, 2.45) is 3.77 Å². The van der Waals surface area contributed by atoms with Gasteiger partial charge in [0.2, 0.25) is 0 Å². The van der Waals surface area contributed by atoms with Crippen LogP contribution in [0.2, 0.25) is 0 Å². The molecule has 1 saturated carbocycles. The Bertz CT molecular complexity index is 598. The molecule has 1 atom stereocenters. The Morgan fingerprint density at radius 1 is 1.10 bits per heavy atom. The molecule has 0 N–H and O–H groups in total. The molecule has 2 rings (SSSR count). The van der Waals surface area contributed by atoms with Gasteiger partial charge in [-0.15, -0.1) is 3.77 Å². The van der Waals surface area contributed by atoms with Gasteiger partial charge in [-0.05, 0) is 42.6 Å². The maximum atomic E-state index is 12.6. The number of nitrogens with zero attached hydrogens (tertiary/aromatic N) is 1. The molecule has 21 heavy (non-hydrogen) atoms. The largest absolute Gasteiger partial charge is 0.261 e. The number of benzene rings is 1. The lowest BCUT2D eigenvalue weighted by Crippen LogP contribution is -2.23. The number of aryl methyl sites for hydroxylation is 1. The number of hydrogen-bond acceptors (Lipinski definition) is 2. The minimum atomic E-state index is -3.35. The van der Waals surface area contributed by atoms with E-state index in [0.717, 1.165) is 37.0 Å². The van der Waals surface area contributed by atoms with Gasteiger partial charge in [0.15, 0.2) is 0 Å². The molecule has 0 spiro atoms. The van der Waals surface area contributed by atoms with Crippen molar-refractivity contribution in [3.8, 4) is 0 Å². The van der Waals surface area contributed by atoms with E-state index < -0.39 is 20.7 Å². The van der Waals surface area contributed by atoms with Crippen LogP contribution in [-0.4, -0.2) is 18.9 Å². The van der Waals surface area contributed by atoms with Crippen molar-refractivity contribution in [2.45, 2.75) is 68.3 Å². The smallest absolute Gasteiger partial charge is 0.204 e. The van der Waals surface area contributed by atoms with Crippen LogP contribution >= 0.6 is 0 Å². The van der Waals surface area contributed by atoms with Gasteiger partial charge in [-0.2, -0.15) is 0 Å². The highest BCUT2D eigenvalue weighted by molar-refractivity contribution is 8.00. The fraction of sp³-hybridized carbons (Fsp3) is 0.625. The quantitative estimate of drug-likeness (QED) is 0.831. The van der Waals surface area contributed by atoms with Crippen molar-refractivity contribution in [1.29, 1.82) is 0 Å². The second-order valence-electron chi connectivity index (χ2n) is 6.03. The van der Waals surface area contributed by atoms with E-state index in [1.165, 1.54) is 5.56 Å². The molecule has 1 aliphatic rings. The van der Waals surface area contributed by atoms with Crippen molar-refractivity contribution in [3.63, 3.8) is 0 Å². The molecule has 0 radical (unpaired) electrons. The molecule has 5 heteroatoms. The van der Waals surface area contributed by atoms with Crippen LogP contribution in [0.15, 0.2) is 32.9 Å². The van der Waals surface area contributed by atoms with Crippen LogP contribution in [0.5, 0.6) is 0 Å². The van der Waals surface area contributed by atoms with E-state index in [1.807, 2.05) is 45.0 Å². The third kappa shape index (κ3) is 4.39. The maximum absolute atomic E-state index is 12.6. The lowest BCUT2D eigenvalue weighted by atomic mass is 10.0. The summed E-state index contributed by atoms with van der Waals surface area (Å²) in [6.45, 7) is 6.12. The lowest BCUT2D eigenvalue weighted by molar-refractivity contribution is 0.484. The summed E-state index contributed by atoms with van der Waals surface area (Å²) in [4.78, 5) is 1.02. The molecule has 1 aromatic carbocycles. The normalized spacial score (nSPS) is 19.0. The fourth-order valence-corrected chi connectivity index (χ4v) is 6.92. The molecule has 0 saturated heterocycles. The molecular formula is C16H25NO2S2. The average Bonchev–Trinajstić information content (AvgIpc) is 2.47. The molecule has 118 valence electrons. The molecule has 1 fully saturated rings. The molecule has 0 amide bonds. The highest BCUT2D eigenvalue weighted by Gasteiger charge is 2.27. The zero-order chi connectivity index (χ0) is 15.5. The molecular weight excluding hydrogens is 302 g/mol. The minimum Gasteiger partial charge on any atom is -0.204 e. The third-order valence-electron chi connectivity index (χ3n) is 3.87. The van der Waals surface area contributed by atoms with Gasteiger partial charge >= 0.3 is 0 Å². The molecule has 1 aromatic rings. The van der Waals surface area contributed by atoms with Crippen molar-refractivity contribution >= 4 is 20.7 Å². The first-order chi connectivity index (χ1) is 9.90. The Hall–Kier alpha value is -0.680. The summed E-state index contributed by atoms with van der Waals surface area (Å²) in [6.07, 6.45) is 4.72. The second-order valence-corrected chi connectivity index (χ2v) is 10.4. The van der Waals surface area contributed by atoms with E-state index in [4.69, 9.17) is 0 Å². The van der Waals surface area contributed by atoms with Crippen LogP contribution in [0, 0.1) is 6.92 Å². The van der Waals surface area contributed by atoms with Crippen LogP contribution in [0.4, 0.5) is 0 Å². The van der Waals surface area contributed by atoms with Gasteiger partial charge in [0, 0.05) is 10.1 Å². The predicted octanol–water partition coefficient (Wildman–Crippen LogP) is 4.23. The average molecular weight is 328 g/mol. The molecule has 1 aliphatic carbocycles. The predicted molar refractivity (Wildman–Crippen MR) is 90.2 cm³/mol. The zero-order valence-electron chi connectivity index (χ0n) is 13.1. The molecule has 3 nitrogen and oxygen atoms in total. The van der Waals surface area contributed by atoms with Gasteiger partial charge in [0.25, 0.3) is 10.0 Å². The monoisotopic (exact) mass is 327 g/mol. The molecule has 1 unspecified atom stereocenters. The topological polar surface area (TPSA) is 46.5 Å². The summed E-state index contributed by atoms with van der Waals surface area (Å²) < 4.78 is 29.5. The van der Waals surface area contributed by atoms with E-state index >= 15 is 0 Å². The maximum Gasteiger partial charge on any atom is 0.261 e. The Kier molecular flexibility index (Phi) is 5.60. The summed E-state index contributed by atoms with van der Waals surface area (Å²) in [6, 6.07) is 8.08. The Morgan fingerprint density at radius 2 is 1.67 bits per heavy atom. The van der Waals surface area contributed by atoms with Gasteiger partial charge in [-0.1, -0.05) is 50.8 Å². The first kappa shape index (κ1) is 16.7. The molecule has 0 heterocycles. The van der Waals surface area contributed by atoms with Crippen molar-refractivity contribution in [2.75, 3.05) is 0 Å². The van der Waals surface area contributed by atoms with Crippen LogP contribution in [0.25, 0.3) is 0 Å². The highest BCUT2D eigenvalue weighted by Crippen LogP contribution is 2.27. The summed E-state index contributed by atoms with van der Waals surface area (Å²) in [5, 5.41) is -0.0588. The number of sulfonamides is 1. The Morgan fingerprint density at radius 3 is 2.19 bits per heavy atom.